The van der Waals surface area contributed by atoms with Gasteiger partial charge in [-0.3, -0.25) is 0 Å². The second kappa shape index (κ2) is 4.54. The molecule has 0 bridgehead atoms. The minimum absolute atomic E-state index is 0.973. The van der Waals surface area contributed by atoms with E-state index in [1.165, 1.54) is 22.3 Å². The van der Waals surface area contributed by atoms with Gasteiger partial charge in [0.05, 0.1) is 11.0 Å². The van der Waals surface area contributed by atoms with Gasteiger partial charge in [0.25, 0.3) is 0 Å². The molecule has 0 aliphatic heterocycles. The van der Waals surface area contributed by atoms with Gasteiger partial charge in [0, 0.05) is 5.56 Å². The molecule has 3 aromatic rings. The second-order valence-electron chi connectivity index (χ2n) is 5.07. The van der Waals surface area contributed by atoms with E-state index in [1.54, 1.807) is 0 Å². The van der Waals surface area contributed by atoms with Crippen LogP contribution in [0.5, 0.6) is 0 Å². The lowest BCUT2D eigenvalue weighted by molar-refractivity contribution is 1.13. The number of rotatable bonds is 2. The molecule has 2 nitrogen and oxygen atoms in total. The monoisotopic (exact) mass is 250 g/mol. The number of aryl methyl sites for hydroxylation is 3. The Hall–Kier alpha value is -2.09. The van der Waals surface area contributed by atoms with E-state index in [-0.39, 0.29) is 0 Å². The maximum atomic E-state index is 4.78. The van der Waals surface area contributed by atoms with E-state index in [0.717, 1.165) is 23.3 Å². The number of nitrogens with zero attached hydrogens (tertiary/aromatic N) is 1. The van der Waals surface area contributed by atoms with E-state index >= 15 is 0 Å². The normalized spacial score (nSPS) is 11.1. The number of imidazole rings is 1. The van der Waals surface area contributed by atoms with Gasteiger partial charge in [-0.2, -0.15) is 0 Å². The Labute approximate surface area is 113 Å². The maximum absolute atomic E-state index is 4.78. The van der Waals surface area contributed by atoms with Crippen molar-refractivity contribution in [1.29, 1.82) is 0 Å². The first-order chi connectivity index (χ1) is 9.19. The van der Waals surface area contributed by atoms with E-state index in [1.807, 2.05) is 0 Å². The molecule has 0 aliphatic carbocycles. The van der Waals surface area contributed by atoms with Gasteiger partial charge in [0.1, 0.15) is 5.82 Å². The molecule has 0 saturated carbocycles. The molecule has 0 atom stereocenters. The molecule has 0 unspecified atom stereocenters. The largest absolute Gasteiger partial charge is 0.338 e. The molecule has 1 heterocycles. The summed E-state index contributed by atoms with van der Waals surface area (Å²) in [7, 11) is 0. The summed E-state index contributed by atoms with van der Waals surface area (Å²) in [5, 5.41) is 0. The molecule has 0 amide bonds. The quantitative estimate of drug-likeness (QED) is 0.717. The van der Waals surface area contributed by atoms with Crippen LogP contribution in [0, 0.1) is 13.8 Å². The number of benzene rings is 2. The van der Waals surface area contributed by atoms with Crippen molar-refractivity contribution in [3.8, 4) is 11.4 Å². The average molecular weight is 250 g/mol. The summed E-state index contributed by atoms with van der Waals surface area (Å²) >= 11 is 0. The average Bonchev–Trinajstić information content (AvgIpc) is 2.82. The smallest absolute Gasteiger partial charge is 0.138 e. The predicted molar refractivity (Wildman–Crippen MR) is 80.4 cm³/mol. The lowest BCUT2D eigenvalue weighted by Gasteiger charge is -2.03. The van der Waals surface area contributed by atoms with Crippen LogP contribution >= 0.6 is 0 Å². The van der Waals surface area contributed by atoms with Crippen molar-refractivity contribution < 1.29 is 0 Å². The Morgan fingerprint density at radius 2 is 1.89 bits per heavy atom. The summed E-state index contributed by atoms with van der Waals surface area (Å²) in [6, 6.07) is 12.8. The first-order valence-electron chi connectivity index (χ1n) is 6.74. The Morgan fingerprint density at radius 3 is 2.68 bits per heavy atom. The third kappa shape index (κ3) is 2.03. The van der Waals surface area contributed by atoms with E-state index < -0.39 is 0 Å². The summed E-state index contributed by atoms with van der Waals surface area (Å²) in [6.07, 6.45) is 1.02. The Bertz CT molecular complexity index is 738. The highest BCUT2D eigenvalue weighted by Gasteiger charge is 2.10. The van der Waals surface area contributed by atoms with Crippen molar-refractivity contribution in [2.75, 3.05) is 0 Å². The molecule has 1 N–H and O–H groups in total. The lowest BCUT2D eigenvalue weighted by Crippen LogP contribution is -1.88. The van der Waals surface area contributed by atoms with Crippen LogP contribution in [0.3, 0.4) is 0 Å². The van der Waals surface area contributed by atoms with Gasteiger partial charge in [0.2, 0.25) is 0 Å². The Kier molecular flexibility index (Phi) is 2.86. The third-order valence-electron chi connectivity index (χ3n) is 3.57. The molecule has 96 valence electrons. The molecular formula is C17H18N2. The molecule has 0 spiro atoms. The minimum atomic E-state index is 0.973. The summed E-state index contributed by atoms with van der Waals surface area (Å²) < 4.78 is 0. The van der Waals surface area contributed by atoms with Gasteiger partial charge in [-0.25, -0.2) is 4.98 Å². The standard InChI is InChI=1S/C17H18N2/c1-4-13-7-5-6-8-14(13)17-18-15-10-11(2)9-12(3)16(15)19-17/h5-10H,4H2,1-3H3,(H,18,19). The number of aromatic amines is 1. The fourth-order valence-electron chi connectivity index (χ4n) is 2.66. The zero-order valence-corrected chi connectivity index (χ0v) is 11.6. The summed E-state index contributed by atoms with van der Waals surface area (Å²) in [6.45, 7) is 6.41. The third-order valence-corrected chi connectivity index (χ3v) is 3.57. The topological polar surface area (TPSA) is 28.7 Å². The summed E-state index contributed by atoms with van der Waals surface area (Å²) in [4.78, 5) is 8.23. The summed E-state index contributed by atoms with van der Waals surface area (Å²) in [5.74, 6) is 0.973. The fourth-order valence-corrected chi connectivity index (χ4v) is 2.66. The molecule has 3 rings (SSSR count). The van der Waals surface area contributed by atoms with Crippen molar-refractivity contribution in [3.05, 3.63) is 53.1 Å². The van der Waals surface area contributed by atoms with Gasteiger partial charge in [-0.15, -0.1) is 0 Å². The molecule has 0 aliphatic rings. The van der Waals surface area contributed by atoms with Crippen LogP contribution in [-0.2, 0) is 6.42 Å². The molecule has 19 heavy (non-hydrogen) atoms. The molecule has 1 aromatic heterocycles. The first-order valence-corrected chi connectivity index (χ1v) is 6.74. The highest BCUT2D eigenvalue weighted by atomic mass is 14.9. The number of hydrogen-bond donors (Lipinski definition) is 1. The second-order valence-corrected chi connectivity index (χ2v) is 5.07. The van der Waals surface area contributed by atoms with E-state index in [9.17, 15) is 0 Å². The number of fused-ring (bicyclic) bond motifs is 1. The zero-order valence-electron chi connectivity index (χ0n) is 11.6. The number of hydrogen-bond acceptors (Lipinski definition) is 1. The molecule has 0 saturated heterocycles. The van der Waals surface area contributed by atoms with E-state index in [2.05, 4.69) is 62.2 Å². The zero-order chi connectivity index (χ0) is 13.4. The van der Waals surface area contributed by atoms with Gasteiger partial charge in [-0.1, -0.05) is 37.3 Å². The number of H-pyrrole nitrogens is 1. The van der Waals surface area contributed by atoms with Crippen molar-refractivity contribution in [1.82, 2.24) is 9.97 Å². The number of aromatic nitrogens is 2. The van der Waals surface area contributed by atoms with Crippen LogP contribution in [0.25, 0.3) is 22.4 Å². The van der Waals surface area contributed by atoms with Crippen LogP contribution in [0.1, 0.15) is 23.6 Å². The van der Waals surface area contributed by atoms with E-state index in [4.69, 9.17) is 4.98 Å². The minimum Gasteiger partial charge on any atom is -0.338 e. The van der Waals surface area contributed by atoms with Gasteiger partial charge < -0.3 is 4.98 Å². The highest BCUT2D eigenvalue weighted by molar-refractivity contribution is 5.83. The van der Waals surface area contributed by atoms with Crippen molar-refractivity contribution in [2.24, 2.45) is 0 Å². The van der Waals surface area contributed by atoms with Crippen molar-refractivity contribution in [3.63, 3.8) is 0 Å². The maximum Gasteiger partial charge on any atom is 0.138 e. The molecular weight excluding hydrogens is 232 g/mol. The lowest BCUT2D eigenvalue weighted by atomic mass is 10.1. The fraction of sp³-hybridized carbons (Fsp3) is 0.235. The van der Waals surface area contributed by atoms with Crippen LogP contribution < -0.4 is 0 Å². The predicted octanol–water partition coefficient (Wildman–Crippen LogP) is 4.41. The van der Waals surface area contributed by atoms with Crippen molar-refractivity contribution in [2.45, 2.75) is 27.2 Å². The molecule has 2 aromatic carbocycles. The summed E-state index contributed by atoms with van der Waals surface area (Å²) in [5.41, 5.74) is 7.23. The van der Waals surface area contributed by atoms with E-state index in [0.29, 0.717) is 0 Å². The highest BCUT2D eigenvalue weighted by Crippen LogP contribution is 2.26. The Balaban J connectivity index is 2.23. The SMILES string of the molecule is CCc1ccccc1-c1nc2c(C)cc(C)cc2[nH]1. The Morgan fingerprint density at radius 1 is 1.11 bits per heavy atom. The molecule has 2 heteroatoms. The van der Waals surface area contributed by atoms with Gasteiger partial charge >= 0.3 is 0 Å². The molecule has 0 fully saturated rings. The van der Waals surface area contributed by atoms with Gasteiger partial charge in [0.15, 0.2) is 0 Å². The van der Waals surface area contributed by atoms with Gasteiger partial charge in [-0.05, 0) is 43.0 Å². The first kappa shape index (κ1) is 12.0. The van der Waals surface area contributed by atoms with Crippen LogP contribution in [0.15, 0.2) is 36.4 Å². The number of nitrogens with one attached hydrogen (secondary N) is 1. The molecule has 0 radical (unpaired) electrons. The van der Waals surface area contributed by atoms with Crippen molar-refractivity contribution >= 4 is 11.0 Å². The van der Waals surface area contributed by atoms with Crippen LogP contribution in [0.4, 0.5) is 0 Å². The van der Waals surface area contributed by atoms with Crippen LogP contribution in [0.2, 0.25) is 0 Å². The van der Waals surface area contributed by atoms with Crippen LogP contribution in [-0.4, -0.2) is 9.97 Å².